The molecule has 1 N–H and O–H groups in total. The smallest absolute Gasteiger partial charge is 0.759 e. The van der Waals surface area contributed by atoms with E-state index in [2.05, 4.69) is 4.18 Å². The van der Waals surface area contributed by atoms with Crippen molar-refractivity contribution in [3.8, 4) is 0 Å². The summed E-state index contributed by atoms with van der Waals surface area (Å²) < 4.78 is 65.8. The van der Waals surface area contributed by atoms with E-state index in [1.807, 2.05) is 6.92 Å². The molecule has 0 aromatic carbocycles. The Kier molecular flexibility index (Phi) is 21.7. The fraction of sp³-hybridized carbons (Fsp3) is 1.00. The third-order valence-electron chi connectivity index (χ3n) is 0.730. The molecule has 0 aliphatic carbocycles. The summed E-state index contributed by atoms with van der Waals surface area (Å²) in [6.45, 7) is 1.96. The number of unbranched alkanes of at least 4 members (excludes halogenated alkanes) is 1. The molecule has 0 heterocycles. The van der Waals surface area contributed by atoms with Gasteiger partial charge in [-0.2, -0.15) is 8.42 Å². The minimum Gasteiger partial charge on any atom is -0.759 e. The predicted molar refractivity (Wildman–Crippen MR) is 42.9 cm³/mol. The Hall–Kier alpha value is 1.74. The summed E-state index contributed by atoms with van der Waals surface area (Å²) in [4.78, 5) is 0. The predicted octanol–water partition coefficient (Wildman–Crippen LogP) is -6.72. The maximum Gasteiger partial charge on any atom is 1.00 e. The summed E-state index contributed by atoms with van der Waals surface area (Å²) in [6.07, 6.45) is 1.48. The summed E-state index contributed by atoms with van der Waals surface area (Å²) in [5.74, 6) is 0. The molecule has 16 heavy (non-hydrogen) atoms. The molecule has 0 atom stereocenters. The van der Waals surface area contributed by atoms with Gasteiger partial charge in [-0.25, -0.2) is 4.18 Å². The molecule has 0 amide bonds. The van der Waals surface area contributed by atoms with E-state index in [4.69, 9.17) is 22.1 Å². The summed E-state index contributed by atoms with van der Waals surface area (Å²) in [7, 11) is -9.36. The Morgan fingerprint density at radius 3 is 1.62 bits per heavy atom. The molecule has 0 rings (SSSR count). The topological polar surface area (TPSA) is 144 Å². The third-order valence-corrected chi connectivity index (χ3v) is 1.19. The van der Waals surface area contributed by atoms with Crippen molar-refractivity contribution in [3.05, 3.63) is 0 Å². The zero-order chi connectivity index (χ0) is 11.8. The molecule has 0 aliphatic heterocycles. The van der Waals surface area contributed by atoms with Gasteiger partial charge in [-0.1, -0.05) is 13.3 Å². The maximum absolute atomic E-state index is 9.84. The number of hydrogen-bond donors (Lipinski definition) is 1. The molecule has 12 heteroatoms. The second kappa shape index (κ2) is 13.2. The van der Waals surface area contributed by atoms with Crippen LogP contribution in [-0.2, 0) is 25.0 Å². The molecule has 0 aromatic rings. The fourth-order valence-electron chi connectivity index (χ4n) is 0.309. The molecule has 88 valence electrons. The Morgan fingerprint density at radius 1 is 1.12 bits per heavy atom. The van der Waals surface area contributed by atoms with Gasteiger partial charge in [0, 0.05) is 10.4 Å². The molecule has 0 radical (unpaired) electrons. The van der Waals surface area contributed by atoms with Crippen molar-refractivity contribution in [1.29, 1.82) is 0 Å². The second-order valence-electron chi connectivity index (χ2n) is 2.01. The molecular weight excluding hydrogens is 286 g/mol. The van der Waals surface area contributed by atoms with Gasteiger partial charge in [-0.05, 0) is 6.42 Å². The van der Waals surface area contributed by atoms with Crippen molar-refractivity contribution in [2.24, 2.45) is 0 Å². The van der Waals surface area contributed by atoms with Crippen LogP contribution in [0.4, 0.5) is 0 Å². The van der Waals surface area contributed by atoms with Gasteiger partial charge in [0.25, 0.3) is 0 Å². The van der Waals surface area contributed by atoms with Crippen molar-refractivity contribution in [2.75, 3.05) is 6.61 Å². The van der Waals surface area contributed by atoms with E-state index in [1.54, 1.807) is 0 Å². The minimum absolute atomic E-state index is 0. The van der Waals surface area contributed by atoms with Crippen LogP contribution in [0, 0.1) is 0 Å². The zero-order valence-corrected chi connectivity index (χ0v) is 14.9. The molecule has 0 saturated carbocycles. The Bertz CT molecular complexity index is 314. The fourth-order valence-corrected chi connectivity index (χ4v) is 0.637. The molecule has 0 aromatic heterocycles. The van der Waals surface area contributed by atoms with Gasteiger partial charge >= 0.3 is 69.5 Å². The number of hydrogen-bond acceptors (Lipinski definition) is 7. The summed E-state index contributed by atoms with van der Waals surface area (Å²) in [6, 6.07) is 0. The van der Waals surface area contributed by atoms with Crippen molar-refractivity contribution < 1.29 is 93.8 Å². The largest absolute Gasteiger partial charge is 1.00 e. The Balaban J connectivity index is -0.0000000904. The van der Waals surface area contributed by atoms with Crippen LogP contribution in [0.25, 0.3) is 0 Å². The SMILES string of the molecule is CCCCOS(=O)(=O)O.O=S(=O)([O-])[O-].[Na+].[Na+]. The van der Waals surface area contributed by atoms with Gasteiger partial charge in [-0.3, -0.25) is 13.0 Å². The molecule has 0 spiro atoms. The van der Waals surface area contributed by atoms with Crippen LogP contribution in [0.2, 0.25) is 0 Å². The Labute approximate surface area is 139 Å². The van der Waals surface area contributed by atoms with Crippen LogP contribution >= 0.6 is 0 Å². The molecule has 0 fully saturated rings. The van der Waals surface area contributed by atoms with E-state index < -0.39 is 20.8 Å². The second-order valence-corrected chi connectivity index (χ2v) is 3.92. The number of rotatable bonds is 4. The van der Waals surface area contributed by atoms with Crippen molar-refractivity contribution >= 4 is 20.8 Å². The van der Waals surface area contributed by atoms with Crippen LogP contribution in [0.3, 0.4) is 0 Å². The average molecular weight is 296 g/mol. The molecule has 0 unspecified atom stereocenters. The van der Waals surface area contributed by atoms with Crippen LogP contribution in [0.1, 0.15) is 19.8 Å². The first-order chi connectivity index (χ1) is 6.06. The first kappa shape index (κ1) is 26.3. The van der Waals surface area contributed by atoms with Gasteiger partial charge in [-0.15, -0.1) is 0 Å². The quantitative estimate of drug-likeness (QED) is 0.233. The van der Waals surface area contributed by atoms with Gasteiger partial charge in [0.2, 0.25) is 0 Å². The first-order valence-electron chi connectivity index (χ1n) is 3.35. The summed E-state index contributed by atoms with van der Waals surface area (Å²) in [5.41, 5.74) is 0. The minimum atomic E-state index is -5.17. The third kappa shape index (κ3) is 57.1. The van der Waals surface area contributed by atoms with Gasteiger partial charge in [0.1, 0.15) is 0 Å². The van der Waals surface area contributed by atoms with E-state index in [1.165, 1.54) is 0 Å². The van der Waals surface area contributed by atoms with E-state index in [0.29, 0.717) is 6.42 Å². The monoisotopic (exact) mass is 296 g/mol. The van der Waals surface area contributed by atoms with Gasteiger partial charge in [0.05, 0.1) is 6.61 Å². The molecule has 0 aliphatic rings. The average Bonchev–Trinajstić information content (AvgIpc) is 1.80. The molecule has 0 saturated heterocycles. The van der Waals surface area contributed by atoms with E-state index in [9.17, 15) is 8.42 Å². The van der Waals surface area contributed by atoms with Crippen LogP contribution in [-0.4, -0.2) is 37.1 Å². The van der Waals surface area contributed by atoms with Crippen molar-refractivity contribution in [2.45, 2.75) is 19.8 Å². The van der Waals surface area contributed by atoms with E-state index >= 15 is 0 Å². The standard InChI is InChI=1S/C4H10O4S.2Na.H2O4S/c1-2-3-4-8-9(5,6)7;;;1-5(2,3)4/h2-4H2,1H3,(H,5,6,7);;;(H2,1,2,3,4)/q;2*+1;/p-2. The van der Waals surface area contributed by atoms with Gasteiger partial charge in [0.15, 0.2) is 0 Å². The Morgan fingerprint density at radius 2 is 1.44 bits per heavy atom. The molecule has 0 bridgehead atoms. The van der Waals surface area contributed by atoms with Crippen LogP contribution in [0.15, 0.2) is 0 Å². The van der Waals surface area contributed by atoms with E-state index in [0.717, 1.165) is 6.42 Å². The molecular formula is C4H10Na2O8S2. The maximum atomic E-state index is 9.84. The van der Waals surface area contributed by atoms with Crippen molar-refractivity contribution in [1.82, 2.24) is 0 Å². The normalized spacial score (nSPS) is 10.2. The zero-order valence-electron chi connectivity index (χ0n) is 9.24. The van der Waals surface area contributed by atoms with Gasteiger partial charge < -0.3 is 9.11 Å². The van der Waals surface area contributed by atoms with Crippen LogP contribution < -0.4 is 59.1 Å². The first-order valence-corrected chi connectivity index (χ1v) is 6.04. The van der Waals surface area contributed by atoms with E-state index in [-0.39, 0.29) is 65.7 Å². The molecule has 8 nitrogen and oxygen atoms in total. The van der Waals surface area contributed by atoms with Crippen molar-refractivity contribution in [3.63, 3.8) is 0 Å². The summed E-state index contributed by atoms with van der Waals surface area (Å²) in [5, 5.41) is 0. The summed E-state index contributed by atoms with van der Waals surface area (Å²) >= 11 is 0. The van der Waals surface area contributed by atoms with Crippen LogP contribution in [0.5, 0.6) is 0 Å².